The zero-order valence-corrected chi connectivity index (χ0v) is 14.7. The molecule has 120 valence electrons. The summed E-state index contributed by atoms with van der Waals surface area (Å²) in [4.78, 5) is 0. The van der Waals surface area contributed by atoms with Crippen LogP contribution in [0.15, 0.2) is 70.9 Å². The maximum Gasteiger partial charge on any atom is 0.0641 e. The van der Waals surface area contributed by atoms with Gasteiger partial charge in [0.1, 0.15) is 0 Å². The maximum absolute atomic E-state index is 5.91. The highest BCUT2D eigenvalue weighted by molar-refractivity contribution is 5.48. The lowest BCUT2D eigenvalue weighted by molar-refractivity contribution is 1.00. The van der Waals surface area contributed by atoms with E-state index in [1.165, 1.54) is 5.57 Å². The molecule has 0 amide bonds. The molecule has 0 saturated carbocycles. The average Bonchev–Trinajstić information content (AvgIpc) is 2.52. The SMILES string of the molecule is C#C/C=C\C(C)=C(/C=C)C(C#C)/C=C(\C=C/C)C(CN)=C(C)C. The summed E-state index contributed by atoms with van der Waals surface area (Å²) in [5, 5.41) is 0. The molecule has 1 heteroatoms. The highest BCUT2D eigenvalue weighted by Crippen LogP contribution is 2.24. The van der Waals surface area contributed by atoms with Crippen LogP contribution in [0.25, 0.3) is 0 Å². The van der Waals surface area contributed by atoms with Crippen LogP contribution in [0.5, 0.6) is 0 Å². The van der Waals surface area contributed by atoms with Gasteiger partial charge in [-0.15, -0.1) is 12.8 Å². The first-order valence-electron chi connectivity index (χ1n) is 7.60. The lowest BCUT2D eigenvalue weighted by atomic mass is 9.90. The first kappa shape index (κ1) is 20.5. The fraction of sp³-hybridized carbons (Fsp3) is 0.273. The molecule has 0 spiro atoms. The quantitative estimate of drug-likeness (QED) is 0.534. The van der Waals surface area contributed by atoms with Crippen molar-refractivity contribution in [2.24, 2.45) is 11.7 Å². The van der Waals surface area contributed by atoms with Gasteiger partial charge in [-0.05, 0) is 56.1 Å². The van der Waals surface area contributed by atoms with Crippen molar-refractivity contribution >= 4 is 0 Å². The zero-order chi connectivity index (χ0) is 17.8. The van der Waals surface area contributed by atoms with Crippen molar-refractivity contribution in [3.05, 3.63) is 70.9 Å². The van der Waals surface area contributed by atoms with Crippen LogP contribution in [0.2, 0.25) is 0 Å². The molecular weight excluding hydrogens is 278 g/mol. The van der Waals surface area contributed by atoms with E-state index >= 15 is 0 Å². The molecule has 0 bridgehead atoms. The van der Waals surface area contributed by atoms with Crippen LogP contribution < -0.4 is 5.73 Å². The average molecular weight is 305 g/mol. The van der Waals surface area contributed by atoms with Gasteiger partial charge in [-0.3, -0.25) is 0 Å². The fourth-order valence-electron chi connectivity index (χ4n) is 2.26. The Labute approximate surface area is 142 Å². The number of hydrogen-bond acceptors (Lipinski definition) is 1. The molecule has 0 fully saturated rings. The molecule has 0 aliphatic rings. The Morgan fingerprint density at radius 3 is 2.26 bits per heavy atom. The molecule has 0 heterocycles. The van der Waals surface area contributed by atoms with Crippen LogP contribution in [0.3, 0.4) is 0 Å². The summed E-state index contributed by atoms with van der Waals surface area (Å²) in [7, 11) is 0. The van der Waals surface area contributed by atoms with Crippen molar-refractivity contribution in [2.75, 3.05) is 6.54 Å². The Morgan fingerprint density at radius 1 is 1.22 bits per heavy atom. The fourth-order valence-corrected chi connectivity index (χ4v) is 2.26. The lowest BCUT2D eigenvalue weighted by Crippen LogP contribution is -2.08. The van der Waals surface area contributed by atoms with Crippen molar-refractivity contribution in [1.29, 1.82) is 0 Å². The van der Waals surface area contributed by atoms with E-state index in [9.17, 15) is 0 Å². The molecular formula is C22H27N. The Bertz CT molecular complexity index is 645. The van der Waals surface area contributed by atoms with Gasteiger partial charge in [0.25, 0.3) is 0 Å². The van der Waals surface area contributed by atoms with Gasteiger partial charge in [-0.25, -0.2) is 0 Å². The van der Waals surface area contributed by atoms with Crippen molar-refractivity contribution in [3.63, 3.8) is 0 Å². The minimum Gasteiger partial charge on any atom is -0.326 e. The summed E-state index contributed by atoms with van der Waals surface area (Å²) in [5.74, 6) is 5.12. The van der Waals surface area contributed by atoms with E-state index < -0.39 is 0 Å². The molecule has 2 N–H and O–H groups in total. The van der Waals surface area contributed by atoms with Crippen LogP contribution in [-0.4, -0.2) is 6.54 Å². The largest absolute Gasteiger partial charge is 0.326 e. The van der Waals surface area contributed by atoms with E-state index in [1.807, 2.05) is 32.1 Å². The van der Waals surface area contributed by atoms with E-state index in [2.05, 4.69) is 38.3 Å². The predicted octanol–water partition coefficient (Wildman–Crippen LogP) is 4.73. The van der Waals surface area contributed by atoms with Crippen LogP contribution in [0.4, 0.5) is 0 Å². The maximum atomic E-state index is 5.91. The minimum atomic E-state index is -0.193. The molecule has 0 aromatic rings. The Hall–Kier alpha value is -2.48. The molecule has 0 rings (SSSR count). The van der Waals surface area contributed by atoms with Gasteiger partial charge < -0.3 is 5.73 Å². The van der Waals surface area contributed by atoms with Crippen molar-refractivity contribution in [2.45, 2.75) is 27.7 Å². The van der Waals surface area contributed by atoms with E-state index in [0.717, 1.165) is 22.3 Å². The summed E-state index contributed by atoms with van der Waals surface area (Å²) in [6.07, 6.45) is 22.4. The highest BCUT2D eigenvalue weighted by atomic mass is 14.5. The minimum absolute atomic E-state index is 0.193. The molecule has 1 nitrogen and oxygen atoms in total. The molecule has 0 aliphatic heterocycles. The zero-order valence-electron chi connectivity index (χ0n) is 14.7. The molecule has 0 radical (unpaired) electrons. The van der Waals surface area contributed by atoms with Gasteiger partial charge in [-0.1, -0.05) is 54.4 Å². The summed E-state index contributed by atoms with van der Waals surface area (Å²) in [6.45, 7) is 12.4. The molecule has 1 atom stereocenters. The second kappa shape index (κ2) is 11.1. The van der Waals surface area contributed by atoms with Crippen LogP contribution >= 0.6 is 0 Å². The Balaban J connectivity index is 6.16. The van der Waals surface area contributed by atoms with Gasteiger partial charge >= 0.3 is 0 Å². The van der Waals surface area contributed by atoms with Gasteiger partial charge in [0.05, 0.1) is 5.92 Å². The number of nitrogens with two attached hydrogens (primary N) is 1. The number of terminal acetylenes is 2. The van der Waals surface area contributed by atoms with E-state index in [4.69, 9.17) is 18.6 Å². The molecule has 23 heavy (non-hydrogen) atoms. The highest BCUT2D eigenvalue weighted by Gasteiger charge is 2.11. The first-order chi connectivity index (χ1) is 11.0. The Kier molecular flexibility index (Phi) is 9.94. The van der Waals surface area contributed by atoms with Gasteiger partial charge in [0.15, 0.2) is 0 Å². The van der Waals surface area contributed by atoms with E-state index in [0.29, 0.717) is 6.54 Å². The molecule has 1 unspecified atom stereocenters. The van der Waals surface area contributed by atoms with E-state index in [1.54, 1.807) is 12.2 Å². The number of hydrogen-bond donors (Lipinski definition) is 1. The summed E-state index contributed by atoms with van der Waals surface area (Å²) >= 11 is 0. The topological polar surface area (TPSA) is 26.0 Å². The Morgan fingerprint density at radius 2 is 1.87 bits per heavy atom. The second-order valence-electron chi connectivity index (χ2n) is 5.29. The molecule has 0 aromatic carbocycles. The van der Waals surface area contributed by atoms with Crippen LogP contribution in [0, 0.1) is 30.6 Å². The first-order valence-corrected chi connectivity index (χ1v) is 7.60. The standard InChI is InChI=1S/C22H27N/c1-8-12-14-18(7)21(11-4)19(10-3)15-20(13-9-2)22(16-23)17(5)6/h1,3,9,11-15,19H,4,16,23H2,2,5-7H3/b13-9-,14-12-,20-15+,21-18+. The number of rotatable bonds is 7. The predicted molar refractivity (Wildman–Crippen MR) is 104 cm³/mol. The van der Waals surface area contributed by atoms with Gasteiger partial charge in [0.2, 0.25) is 0 Å². The molecule has 0 aromatic heterocycles. The van der Waals surface area contributed by atoms with Gasteiger partial charge in [-0.2, -0.15) is 0 Å². The normalized spacial score (nSPS) is 14.1. The smallest absolute Gasteiger partial charge is 0.0641 e. The third-order valence-corrected chi connectivity index (χ3v) is 3.47. The van der Waals surface area contributed by atoms with Crippen molar-refractivity contribution in [1.82, 2.24) is 0 Å². The van der Waals surface area contributed by atoms with Crippen LogP contribution in [-0.2, 0) is 0 Å². The van der Waals surface area contributed by atoms with Crippen molar-refractivity contribution < 1.29 is 0 Å². The third kappa shape index (κ3) is 6.43. The third-order valence-electron chi connectivity index (χ3n) is 3.47. The summed E-state index contributed by atoms with van der Waals surface area (Å²) in [6, 6.07) is 0. The number of allylic oxidation sites excluding steroid dienone is 9. The second-order valence-corrected chi connectivity index (χ2v) is 5.29. The molecule has 0 aliphatic carbocycles. The van der Waals surface area contributed by atoms with Gasteiger partial charge in [0, 0.05) is 6.54 Å². The van der Waals surface area contributed by atoms with E-state index in [-0.39, 0.29) is 5.92 Å². The summed E-state index contributed by atoms with van der Waals surface area (Å²) in [5.41, 5.74) is 11.2. The van der Waals surface area contributed by atoms with Crippen molar-refractivity contribution in [3.8, 4) is 24.7 Å². The molecule has 0 saturated heterocycles. The van der Waals surface area contributed by atoms with Crippen LogP contribution in [0.1, 0.15) is 27.7 Å². The lowest BCUT2D eigenvalue weighted by Gasteiger charge is -2.15. The summed E-state index contributed by atoms with van der Waals surface area (Å²) < 4.78 is 0. The monoisotopic (exact) mass is 305 g/mol.